The van der Waals surface area contributed by atoms with Gasteiger partial charge in [0.25, 0.3) is 0 Å². The molecule has 184 valence electrons. The summed E-state index contributed by atoms with van der Waals surface area (Å²) in [6.45, 7) is 5.59. The molecule has 1 aliphatic heterocycles. The lowest BCUT2D eigenvalue weighted by molar-refractivity contribution is 0.159. The van der Waals surface area contributed by atoms with Crippen LogP contribution < -0.4 is 4.90 Å². The highest BCUT2D eigenvalue weighted by atomic mass is 16.2. The van der Waals surface area contributed by atoms with Crippen molar-refractivity contribution in [2.45, 2.75) is 13.3 Å². The van der Waals surface area contributed by atoms with Crippen LogP contribution in [-0.2, 0) is 7.05 Å². The summed E-state index contributed by atoms with van der Waals surface area (Å²) in [5.74, 6) is 0.848. The molecule has 0 aromatic carbocycles. The summed E-state index contributed by atoms with van der Waals surface area (Å²) in [6.07, 6.45) is 9.72. The molecular formula is C25H28N10O. The number of rotatable bonds is 5. The van der Waals surface area contributed by atoms with E-state index in [1.165, 1.54) is 0 Å². The minimum absolute atomic E-state index is 0.0810. The zero-order valence-electron chi connectivity index (χ0n) is 20.7. The molecule has 1 aliphatic rings. The predicted molar refractivity (Wildman–Crippen MR) is 135 cm³/mol. The molecule has 4 aromatic heterocycles. The number of fused-ring (bicyclic) bond motifs is 1. The largest absolute Gasteiger partial charge is 0.353 e. The quantitative estimate of drug-likeness (QED) is 0.428. The molecule has 11 heteroatoms. The van der Waals surface area contributed by atoms with Crippen LogP contribution in [0.15, 0.2) is 43.1 Å². The lowest BCUT2D eigenvalue weighted by atomic mass is 10.1. The third kappa shape index (κ3) is 4.33. The van der Waals surface area contributed by atoms with Gasteiger partial charge >= 0.3 is 6.03 Å². The molecule has 0 radical (unpaired) electrons. The number of urea groups is 1. The molecule has 0 spiro atoms. The number of anilines is 1. The van der Waals surface area contributed by atoms with E-state index >= 15 is 0 Å². The van der Waals surface area contributed by atoms with E-state index in [0.29, 0.717) is 35.6 Å². The van der Waals surface area contributed by atoms with Gasteiger partial charge in [0.2, 0.25) is 0 Å². The van der Waals surface area contributed by atoms with Gasteiger partial charge in [-0.05, 0) is 18.6 Å². The molecule has 0 unspecified atom stereocenters. The maximum Gasteiger partial charge on any atom is 0.319 e. The summed E-state index contributed by atoms with van der Waals surface area (Å²) in [6, 6.07) is 6.23. The van der Waals surface area contributed by atoms with Crippen LogP contribution in [0.3, 0.4) is 0 Å². The Labute approximate surface area is 209 Å². The van der Waals surface area contributed by atoms with Gasteiger partial charge in [-0.15, -0.1) is 0 Å². The number of nitrogens with zero attached hydrogens (tertiary/aromatic N) is 10. The van der Waals surface area contributed by atoms with E-state index in [4.69, 9.17) is 9.97 Å². The van der Waals surface area contributed by atoms with Gasteiger partial charge in [-0.2, -0.15) is 15.5 Å². The predicted octanol–water partition coefficient (Wildman–Crippen LogP) is 2.65. The van der Waals surface area contributed by atoms with Crippen LogP contribution in [0.1, 0.15) is 18.9 Å². The zero-order valence-corrected chi connectivity index (χ0v) is 20.7. The van der Waals surface area contributed by atoms with Crippen molar-refractivity contribution < 1.29 is 4.79 Å². The Morgan fingerprint density at radius 1 is 1.08 bits per heavy atom. The molecule has 0 saturated carbocycles. The molecule has 5 rings (SSSR count). The van der Waals surface area contributed by atoms with Crippen molar-refractivity contribution >= 4 is 17.4 Å². The van der Waals surface area contributed by atoms with Gasteiger partial charge in [0.15, 0.2) is 0 Å². The molecule has 11 nitrogen and oxygen atoms in total. The first-order valence-corrected chi connectivity index (χ1v) is 12.0. The van der Waals surface area contributed by atoms with Crippen molar-refractivity contribution in [1.29, 1.82) is 5.26 Å². The van der Waals surface area contributed by atoms with Crippen LogP contribution >= 0.6 is 0 Å². The van der Waals surface area contributed by atoms with Crippen molar-refractivity contribution in [2.75, 3.05) is 44.7 Å². The number of carbonyl (C=O) groups is 1. The van der Waals surface area contributed by atoms with E-state index in [2.05, 4.69) is 28.1 Å². The van der Waals surface area contributed by atoms with Crippen LogP contribution in [0, 0.1) is 11.3 Å². The van der Waals surface area contributed by atoms with Crippen LogP contribution in [0.2, 0.25) is 0 Å². The first kappa shape index (κ1) is 23.3. The van der Waals surface area contributed by atoms with E-state index in [9.17, 15) is 10.1 Å². The van der Waals surface area contributed by atoms with Gasteiger partial charge < -0.3 is 14.7 Å². The summed E-state index contributed by atoms with van der Waals surface area (Å²) < 4.78 is 3.40. The van der Waals surface area contributed by atoms with Gasteiger partial charge in [0, 0.05) is 70.3 Å². The molecule has 2 amide bonds. The second-order valence-electron chi connectivity index (χ2n) is 8.92. The first-order chi connectivity index (χ1) is 17.5. The van der Waals surface area contributed by atoms with Crippen LogP contribution in [-0.4, -0.2) is 85.0 Å². The molecule has 1 fully saturated rings. The van der Waals surface area contributed by atoms with Crippen LogP contribution in [0.4, 0.5) is 10.6 Å². The Morgan fingerprint density at radius 3 is 2.53 bits per heavy atom. The fourth-order valence-electron chi connectivity index (χ4n) is 4.50. The molecule has 0 bridgehead atoms. The van der Waals surface area contributed by atoms with E-state index in [-0.39, 0.29) is 6.03 Å². The van der Waals surface area contributed by atoms with Crippen LogP contribution in [0.5, 0.6) is 0 Å². The smallest absolute Gasteiger partial charge is 0.319 e. The number of carbonyl (C=O) groups excluding carboxylic acids is 1. The average molecular weight is 485 g/mol. The van der Waals surface area contributed by atoms with E-state index in [1.54, 1.807) is 38.9 Å². The number of hydrogen-bond acceptors (Lipinski definition) is 7. The highest BCUT2D eigenvalue weighted by molar-refractivity contribution is 5.83. The van der Waals surface area contributed by atoms with E-state index < -0.39 is 0 Å². The number of aryl methyl sites for hydroxylation is 1. The number of piperazine rings is 1. The molecule has 0 N–H and O–H groups in total. The van der Waals surface area contributed by atoms with Crippen LogP contribution in [0.25, 0.3) is 28.0 Å². The van der Waals surface area contributed by atoms with E-state index in [0.717, 1.165) is 43.0 Å². The Morgan fingerprint density at radius 2 is 1.89 bits per heavy atom. The van der Waals surface area contributed by atoms with Crippen molar-refractivity contribution in [2.24, 2.45) is 7.05 Å². The zero-order chi connectivity index (χ0) is 25.2. The molecule has 0 aliphatic carbocycles. The minimum Gasteiger partial charge on any atom is -0.353 e. The van der Waals surface area contributed by atoms with Crippen molar-refractivity contribution in [3.8, 4) is 28.6 Å². The second kappa shape index (κ2) is 9.65. The molecule has 0 atom stereocenters. The van der Waals surface area contributed by atoms with Gasteiger partial charge in [-0.3, -0.25) is 4.68 Å². The van der Waals surface area contributed by atoms with Gasteiger partial charge in [0.1, 0.15) is 23.0 Å². The van der Waals surface area contributed by atoms with Crippen molar-refractivity contribution in [1.82, 2.24) is 39.2 Å². The fraction of sp³-hybridized carbons (Fsp3) is 0.360. The van der Waals surface area contributed by atoms with Gasteiger partial charge in [-0.25, -0.2) is 19.3 Å². The SMILES string of the molecule is CCCN(C)C(=O)N1CCN(c2ccc(-c3nc(-c4cnn(C)c4)cn4ncc(C#N)c34)cn2)CC1. The maximum absolute atomic E-state index is 12.6. The summed E-state index contributed by atoms with van der Waals surface area (Å²) in [5.41, 5.74) is 4.09. The molecule has 36 heavy (non-hydrogen) atoms. The molecule has 5 heterocycles. The Balaban J connectivity index is 1.40. The average Bonchev–Trinajstić information content (AvgIpc) is 3.54. The number of nitriles is 1. The highest BCUT2D eigenvalue weighted by Crippen LogP contribution is 2.29. The molecule has 1 saturated heterocycles. The van der Waals surface area contributed by atoms with Gasteiger partial charge in [0.05, 0.1) is 30.0 Å². The number of pyridine rings is 1. The molecular weight excluding hydrogens is 456 g/mol. The summed E-state index contributed by atoms with van der Waals surface area (Å²) >= 11 is 0. The normalized spacial score (nSPS) is 13.7. The maximum atomic E-state index is 12.6. The van der Waals surface area contributed by atoms with Gasteiger partial charge in [-0.1, -0.05) is 6.92 Å². The Hall–Kier alpha value is -4.46. The Kier molecular flexibility index (Phi) is 6.25. The summed E-state index contributed by atoms with van der Waals surface area (Å²) in [7, 11) is 3.71. The molecule has 4 aromatic rings. The number of aromatic nitrogens is 6. The standard InChI is InChI=1S/C25H28N10O/c1-4-7-31(2)25(36)34-10-8-33(9-11-34)22-6-5-18(13-27-22)23-24-19(12-26)14-29-35(24)17-21(30-23)20-15-28-32(3)16-20/h5-6,13-17H,4,7-11H2,1-3H3. The number of amides is 2. The second-order valence-corrected chi connectivity index (χ2v) is 8.92. The number of hydrogen-bond donors (Lipinski definition) is 0. The topological polar surface area (TPSA) is 111 Å². The van der Waals surface area contributed by atoms with Crippen molar-refractivity contribution in [3.63, 3.8) is 0 Å². The lowest BCUT2D eigenvalue weighted by Crippen LogP contribution is -2.52. The Bertz CT molecular complexity index is 1420. The van der Waals surface area contributed by atoms with Crippen molar-refractivity contribution in [3.05, 3.63) is 48.7 Å². The first-order valence-electron chi connectivity index (χ1n) is 12.0. The summed E-state index contributed by atoms with van der Waals surface area (Å²) in [5, 5.41) is 18.2. The lowest BCUT2D eigenvalue weighted by Gasteiger charge is -2.37. The van der Waals surface area contributed by atoms with E-state index in [1.807, 2.05) is 37.3 Å². The fourth-order valence-corrected chi connectivity index (χ4v) is 4.50. The minimum atomic E-state index is 0.0810. The summed E-state index contributed by atoms with van der Waals surface area (Å²) in [4.78, 5) is 28.0. The monoisotopic (exact) mass is 484 g/mol. The third-order valence-electron chi connectivity index (χ3n) is 6.40. The third-order valence-corrected chi connectivity index (χ3v) is 6.40. The highest BCUT2D eigenvalue weighted by Gasteiger charge is 2.24.